The number of halogens is 1. The number of hydrogen-bond acceptors (Lipinski definition) is 7. The number of carbonyl (C=O) groups is 1. The van der Waals surface area contributed by atoms with Gasteiger partial charge in [0.1, 0.15) is 15.3 Å². The number of thioether (sulfide) groups is 1. The van der Waals surface area contributed by atoms with Crippen LogP contribution in [0.5, 0.6) is 5.75 Å². The molecule has 0 bridgehead atoms. The van der Waals surface area contributed by atoms with Gasteiger partial charge in [0.05, 0.1) is 24.1 Å². The summed E-state index contributed by atoms with van der Waals surface area (Å²) in [4.78, 5) is 36.8. The standard InChI is InChI=1S/C26H21ClN4O3S2/c1-14-12-15(2)28-24-21(14)22-23(36-24)25(33)31(18-8-4-16(27)5-9-18)26(30-22)35-13-20(32)29-17-6-10-19(34-3)11-7-17/h4-12H,13H2,1-3H3,(H,29,32). The minimum Gasteiger partial charge on any atom is -0.497 e. The fourth-order valence-electron chi connectivity index (χ4n) is 3.92. The molecule has 5 aromatic rings. The molecule has 0 fully saturated rings. The van der Waals surface area contributed by atoms with E-state index in [-0.39, 0.29) is 17.2 Å². The van der Waals surface area contributed by atoms with Crippen LogP contribution >= 0.6 is 34.7 Å². The van der Waals surface area contributed by atoms with Crippen molar-refractivity contribution in [3.63, 3.8) is 0 Å². The molecule has 0 saturated carbocycles. The summed E-state index contributed by atoms with van der Waals surface area (Å²) in [6.45, 7) is 3.92. The number of pyridine rings is 1. The van der Waals surface area contributed by atoms with E-state index < -0.39 is 0 Å². The molecule has 7 nitrogen and oxygen atoms in total. The van der Waals surface area contributed by atoms with Crippen LogP contribution in [0.3, 0.4) is 0 Å². The fourth-order valence-corrected chi connectivity index (χ4v) is 6.02. The number of hydrogen-bond donors (Lipinski definition) is 1. The van der Waals surface area contributed by atoms with Crippen LogP contribution in [0, 0.1) is 13.8 Å². The van der Waals surface area contributed by atoms with Crippen LogP contribution in [-0.2, 0) is 4.79 Å². The first kappa shape index (κ1) is 24.3. The Bertz CT molecular complexity index is 1660. The third kappa shape index (κ3) is 4.69. The largest absolute Gasteiger partial charge is 0.497 e. The minimum absolute atomic E-state index is 0.0655. The number of carbonyl (C=O) groups excluding carboxylic acids is 1. The molecule has 3 aromatic heterocycles. The summed E-state index contributed by atoms with van der Waals surface area (Å²) in [7, 11) is 1.59. The summed E-state index contributed by atoms with van der Waals surface area (Å²) in [5.41, 5.74) is 3.56. The van der Waals surface area contributed by atoms with Gasteiger partial charge in [0.25, 0.3) is 5.56 Å². The Hall–Kier alpha value is -3.40. The lowest BCUT2D eigenvalue weighted by atomic mass is 10.1. The lowest BCUT2D eigenvalue weighted by molar-refractivity contribution is -0.113. The predicted octanol–water partition coefficient (Wildman–Crippen LogP) is 6.01. The van der Waals surface area contributed by atoms with Crippen LogP contribution in [0.15, 0.2) is 64.5 Å². The Labute approximate surface area is 220 Å². The average Bonchev–Trinajstić information content (AvgIpc) is 3.23. The monoisotopic (exact) mass is 536 g/mol. The fraction of sp³-hybridized carbons (Fsp3) is 0.154. The molecule has 0 radical (unpaired) electrons. The number of anilines is 1. The van der Waals surface area contributed by atoms with E-state index in [0.717, 1.165) is 21.5 Å². The second-order valence-corrected chi connectivity index (χ2v) is 10.5. The van der Waals surface area contributed by atoms with Crippen LogP contribution in [0.1, 0.15) is 11.3 Å². The molecule has 10 heteroatoms. The van der Waals surface area contributed by atoms with Gasteiger partial charge in [-0.1, -0.05) is 23.4 Å². The highest BCUT2D eigenvalue weighted by atomic mass is 35.5. The van der Waals surface area contributed by atoms with Crippen molar-refractivity contribution in [2.45, 2.75) is 19.0 Å². The van der Waals surface area contributed by atoms with Crippen molar-refractivity contribution in [1.29, 1.82) is 0 Å². The first-order chi connectivity index (χ1) is 17.3. The maximum Gasteiger partial charge on any atom is 0.276 e. The summed E-state index contributed by atoms with van der Waals surface area (Å²) >= 11 is 8.62. The number of nitrogens with zero attached hydrogens (tertiary/aromatic N) is 3. The third-order valence-corrected chi connectivity index (χ3v) is 7.80. The molecule has 0 spiro atoms. The van der Waals surface area contributed by atoms with Crippen molar-refractivity contribution >= 4 is 66.7 Å². The predicted molar refractivity (Wildman–Crippen MR) is 147 cm³/mol. The lowest BCUT2D eigenvalue weighted by Crippen LogP contribution is -2.22. The van der Waals surface area contributed by atoms with Gasteiger partial charge in [-0.05, 0) is 74.0 Å². The van der Waals surface area contributed by atoms with E-state index in [1.165, 1.54) is 27.7 Å². The number of rotatable bonds is 6. The number of benzene rings is 2. The highest BCUT2D eigenvalue weighted by Crippen LogP contribution is 2.34. The van der Waals surface area contributed by atoms with E-state index >= 15 is 0 Å². The van der Waals surface area contributed by atoms with Gasteiger partial charge < -0.3 is 10.1 Å². The zero-order valence-corrected chi connectivity index (χ0v) is 22.1. The molecule has 2 aromatic carbocycles. The van der Waals surface area contributed by atoms with Gasteiger partial charge in [0.2, 0.25) is 5.91 Å². The number of aryl methyl sites for hydroxylation is 2. The van der Waals surface area contributed by atoms with E-state index in [2.05, 4.69) is 10.3 Å². The Morgan fingerprint density at radius 3 is 2.53 bits per heavy atom. The van der Waals surface area contributed by atoms with E-state index in [9.17, 15) is 9.59 Å². The van der Waals surface area contributed by atoms with Gasteiger partial charge in [-0.2, -0.15) is 0 Å². The molecule has 0 aliphatic carbocycles. The second kappa shape index (κ2) is 9.93. The van der Waals surface area contributed by atoms with E-state index in [0.29, 0.717) is 37.5 Å². The molecule has 1 N–H and O–H groups in total. The van der Waals surface area contributed by atoms with Gasteiger partial charge in [0, 0.05) is 21.8 Å². The van der Waals surface area contributed by atoms with Crippen molar-refractivity contribution in [3.05, 3.63) is 81.2 Å². The number of thiophene rings is 1. The van der Waals surface area contributed by atoms with Crippen LogP contribution in [0.25, 0.3) is 26.1 Å². The maximum atomic E-state index is 13.7. The molecule has 5 rings (SSSR count). The number of methoxy groups -OCH3 is 1. The third-order valence-electron chi connectivity index (χ3n) is 5.55. The summed E-state index contributed by atoms with van der Waals surface area (Å²) in [6, 6.07) is 16.0. The second-order valence-electron chi connectivity index (χ2n) is 8.12. The Morgan fingerprint density at radius 2 is 1.83 bits per heavy atom. The van der Waals surface area contributed by atoms with Gasteiger partial charge in [-0.3, -0.25) is 14.2 Å². The van der Waals surface area contributed by atoms with E-state index in [4.69, 9.17) is 21.3 Å². The lowest BCUT2D eigenvalue weighted by Gasteiger charge is -2.12. The number of amides is 1. The molecular formula is C26H21ClN4O3S2. The normalized spacial score (nSPS) is 11.2. The number of ether oxygens (including phenoxy) is 1. The summed E-state index contributed by atoms with van der Waals surface area (Å²) in [5, 5.41) is 4.71. The SMILES string of the molecule is COc1ccc(NC(=O)CSc2nc3c(sc4nc(C)cc(C)c43)c(=O)n2-c2ccc(Cl)cc2)cc1. The molecule has 1 amide bonds. The molecule has 0 saturated heterocycles. The number of aromatic nitrogens is 3. The summed E-state index contributed by atoms with van der Waals surface area (Å²) in [6.07, 6.45) is 0. The highest BCUT2D eigenvalue weighted by Gasteiger charge is 2.20. The Kier molecular flexibility index (Phi) is 6.70. The number of nitrogens with one attached hydrogen (secondary N) is 1. The molecule has 3 heterocycles. The molecule has 182 valence electrons. The van der Waals surface area contributed by atoms with Gasteiger partial charge in [-0.15, -0.1) is 11.3 Å². The molecule has 0 aliphatic heterocycles. The maximum absolute atomic E-state index is 13.7. The topological polar surface area (TPSA) is 86.1 Å². The van der Waals surface area contributed by atoms with Crippen molar-refractivity contribution in [1.82, 2.24) is 14.5 Å². The first-order valence-corrected chi connectivity index (χ1v) is 13.2. The van der Waals surface area contributed by atoms with Crippen LogP contribution in [0.4, 0.5) is 5.69 Å². The van der Waals surface area contributed by atoms with E-state index in [1.54, 1.807) is 55.6 Å². The zero-order valence-electron chi connectivity index (χ0n) is 19.7. The quantitative estimate of drug-likeness (QED) is 0.211. The van der Waals surface area contributed by atoms with Crippen molar-refractivity contribution in [2.75, 3.05) is 18.2 Å². The Morgan fingerprint density at radius 1 is 1.11 bits per heavy atom. The molecule has 0 unspecified atom stereocenters. The van der Waals surface area contributed by atoms with Crippen molar-refractivity contribution in [2.24, 2.45) is 0 Å². The van der Waals surface area contributed by atoms with Gasteiger partial charge in [0.15, 0.2) is 5.16 Å². The molecule has 0 aliphatic rings. The first-order valence-electron chi connectivity index (χ1n) is 11.0. The molecular weight excluding hydrogens is 516 g/mol. The van der Waals surface area contributed by atoms with Gasteiger partial charge in [-0.25, -0.2) is 9.97 Å². The summed E-state index contributed by atoms with van der Waals surface area (Å²) < 4.78 is 7.21. The molecule has 36 heavy (non-hydrogen) atoms. The number of fused-ring (bicyclic) bond motifs is 3. The highest BCUT2D eigenvalue weighted by molar-refractivity contribution is 7.99. The minimum atomic E-state index is -0.217. The average molecular weight is 537 g/mol. The van der Waals surface area contributed by atoms with Gasteiger partial charge >= 0.3 is 0 Å². The Balaban J connectivity index is 1.56. The van der Waals surface area contributed by atoms with Crippen molar-refractivity contribution in [3.8, 4) is 11.4 Å². The summed E-state index contributed by atoms with van der Waals surface area (Å²) in [5.74, 6) is 0.552. The van der Waals surface area contributed by atoms with Crippen molar-refractivity contribution < 1.29 is 9.53 Å². The zero-order chi connectivity index (χ0) is 25.4. The van der Waals surface area contributed by atoms with Crippen LogP contribution in [-0.4, -0.2) is 33.3 Å². The van der Waals surface area contributed by atoms with E-state index in [1.807, 2.05) is 19.9 Å². The van der Waals surface area contributed by atoms with Crippen LogP contribution < -0.4 is 15.6 Å². The molecule has 0 atom stereocenters. The van der Waals surface area contributed by atoms with Crippen LogP contribution in [0.2, 0.25) is 5.02 Å². The smallest absolute Gasteiger partial charge is 0.276 e.